The van der Waals surface area contributed by atoms with Crippen LogP contribution in [-0.2, 0) is 0 Å². The van der Waals surface area contributed by atoms with Gasteiger partial charge in [-0.25, -0.2) is 0 Å². The molecule has 0 N–H and O–H groups in total. The molecule has 2 rings (SSSR count). The SMILES string of the molecule is CC1CCN(CCC=Cc2ccc(Cl)cc2)CC1.Cl. The molecule has 1 aliphatic heterocycles. The van der Waals surface area contributed by atoms with E-state index in [1.54, 1.807) is 0 Å². The Kier molecular flexibility index (Phi) is 7.52. The maximum Gasteiger partial charge on any atom is 0.0406 e. The lowest BCUT2D eigenvalue weighted by Gasteiger charge is -2.29. The van der Waals surface area contributed by atoms with E-state index in [1.165, 1.54) is 38.0 Å². The third kappa shape index (κ3) is 5.99. The third-order valence-corrected chi connectivity index (χ3v) is 3.92. The van der Waals surface area contributed by atoms with Gasteiger partial charge in [0.05, 0.1) is 0 Å². The minimum atomic E-state index is 0. The van der Waals surface area contributed by atoms with Crippen molar-refractivity contribution in [2.45, 2.75) is 26.2 Å². The summed E-state index contributed by atoms with van der Waals surface area (Å²) < 4.78 is 0. The van der Waals surface area contributed by atoms with Crippen molar-refractivity contribution in [3.8, 4) is 0 Å². The number of hydrogen-bond acceptors (Lipinski definition) is 1. The van der Waals surface area contributed by atoms with Gasteiger partial charge in [0, 0.05) is 11.6 Å². The summed E-state index contributed by atoms with van der Waals surface area (Å²) in [6.45, 7) is 6.10. The van der Waals surface area contributed by atoms with Gasteiger partial charge in [-0.2, -0.15) is 0 Å². The van der Waals surface area contributed by atoms with Gasteiger partial charge < -0.3 is 4.90 Å². The zero-order valence-corrected chi connectivity index (χ0v) is 13.1. The maximum atomic E-state index is 5.86. The van der Waals surface area contributed by atoms with E-state index in [2.05, 4.69) is 36.1 Å². The topological polar surface area (TPSA) is 3.24 Å². The lowest BCUT2D eigenvalue weighted by Crippen LogP contribution is -2.33. The summed E-state index contributed by atoms with van der Waals surface area (Å²) >= 11 is 5.86. The Morgan fingerprint density at radius 2 is 1.84 bits per heavy atom. The number of nitrogens with zero attached hydrogens (tertiary/aromatic N) is 1. The van der Waals surface area contributed by atoms with Crippen LogP contribution in [0.1, 0.15) is 31.7 Å². The second kappa shape index (κ2) is 8.63. The van der Waals surface area contributed by atoms with E-state index in [0.717, 1.165) is 17.4 Å². The molecule has 0 aliphatic carbocycles. The quantitative estimate of drug-likeness (QED) is 0.764. The zero-order chi connectivity index (χ0) is 12.8. The maximum absolute atomic E-state index is 5.86. The normalized spacial score (nSPS) is 17.6. The number of halogens is 2. The fraction of sp³-hybridized carbons (Fsp3) is 0.500. The van der Waals surface area contributed by atoms with Gasteiger partial charge in [0.1, 0.15) is 0 Å². The average Bonchev–Trinajstić information content (AvgIpc) is 2.39. The summed E-state index contributed by atoms with van der Waals surface area (Å²) in [7, 11) is 0. The highest BCUT2D eigenvalue weighted by Crippen LogP contribution is 2.16. The van der Waals surface area contributed by atoms with Crippen molar-refractivity contribution in [2.75, 3.05) is 19.6 Å². The summed E-state index contributed by atoms with van der Waals surface area (Å²) in [4.78, 5) is 2.58. The van der Waals surface area contributed by atoms with Crippen LogP contribution >= 0.6 is 24.0 Å². The second-order valence-electron chi connectivity index (χ2n) is 5.27. The summed E-state index contributed by atoms with van der Waals surface area (Å²) in [5.41, 5.74) is 1.23. The van der Waals surface area contributed by atoms with E-state index in [1.807, 2.05) is 12.1 Å². The molecule has 1 aliphatic rings. The molecule has 0 saturated carbocycles. The molecule has 1 saturated heterocycles. The van der Waals surface area contributed by atoms with Gasteiger partial charge in [-0.05, 0) is 56.0 Å². The van der Waals surface area contributed by atoms with Crippen LogP contribution in [0, 0.1) is 5.92 Å². The van der Waals surface area contributed by atoms with E-state index in [4.69, 9.17) is 11.6 Å². The Balaban J connectivity index is 0.00000180. The number of piperidine rings is 1. The van der Waals surface area contributed by atoms with E-state index in [-0.39, 0.29) is 12.4 Å². The lowest BCUT2D eigenvalue weighted by molar-refractivity contribution is 0.195. The molecule has 0 amide bonds. The van der Waals surface area contributed by atoms with Crippen LogP contribution < -0.4 is 0 Å². The number of hydrogen-bond donors (Lipinski definition) is 0. The standard InChI is InChI=1S/C16H22ClN.ClH/c1-14-9-12-18(13-10-14)11-3-2-4-15-5-7-16(17)8-6-15;/h2,4-8,14H,3,9-13H2,1H3;1H. The molecule has 19 heavy (non-hydrogen) atoms. The van der Waals surface area contributed by atoms with Gasteiger partial charge in [0.2, 0.25) is 0 Å². The first kappa shape index (κ1) is 16.6. The predicted octanol–water partition coefficient (Wildman–Crippen LogP) is 4.90. The molecule has 0 aromatic heterocycles. The van der Waals surface area contributed by atoms with Gasteiger partial charge >= 0.3 is 0 Å². The first-order valence-corrected chi connectivity index (χ1v) is 7.26. The second-order valence-corrected chi connectivity index (χ2v) is 5.70. The van der Waals surface area contributed by atoms with Crippen LogP contribution in [0.3, 0.4) is 0 Å². The highest BCUT2D eigenvalue weighted by atomic mass is 35.5. The van der Waals surface area contributed by atoms with Crippen molar-refractivity contribution in [3.63, 3.8) is 0 Å². The molecular weight excluding hydrogens is 277 g/mol. The van der Waals surface area contributed by atoms with Crippen LogP contribution in [0.4, 0.5) is 0 Å². The highest BCUT2D eigenvalue weighted by molar-refractivity contribution is 6.30. The molecule has 0 radical (unpaired) electrons. The van der Waals surface area contributed by atoms with E-state index in [9.17, 15) is 0 Å². The fourth-order valence-electron chi connectivity index (χ4n) is 2.34. The van der Waals surface area contributed by atoms with Crippen molar-refractivity contribution in [2.24, 2.45) is 5.92 Å². The molecule has 3 heteroatoms. The Morgan fingerprint density at radius 1 is 1.21 bits per heavy atom. The number of benzene rings is 1. The largest absolute Gasteiger partial charge is 0.303 e. The molecular formula is C16H23Cl2N. The Hall–Kier alpha value is -0.500. The molecule has 1 heterocycles. The lowest BCUT2D eigenvalue weighted by atomic mass is 9.99. The zero-order valence-electron chi connectivity index (χ0n) is 11.5. The van der Waals surface area contributed by atoms with Crippen molar-refractivity contribution in [3.05, 3.63) is 40.9 Å². The van der Waals surface area contributed by atoms with Crippen LogP contribution in [-0.4, -0.2) is 24.5 Å². The summed E-state index contributed by atoms with van der Waals surface area (Å²) in [6.07, 6.45) is 8.31. The van der Waals surface area contributed by atoms with Gasteiger partial charge in [0.15, 0.2) is 0 Å². The number of rotatable bonds is 4. The number of likely N-dealkylation sites (tertiary alicyclic amines) is 1. The first-order valence-electron chi connectivity index (χ1n) is 6.88. The Bertz CT molecular complexity index is 378. The molecule has 1 aromatic carbocycles. The molecule has 1 aromatic rings. The van der Waals surface area contributed by atoms with E-state index >= 15 is 0 Å². The van der Waals surface area contributed by atoms with Crippen molar-refractivity contribution >= 4 is 30.1 Å². The summed E-state index contributed by atoms with van der Waals surface area (Å²) in [5.74, 6) is 0.922. The predicted molar refractivity (Wildman–Crippen MR) is 87.2 cm³/mol. The summed E-state index contributed by atoms with van der Waals surface area (Å²) in [6, 6.07) is 7.99. The minimum absolute atomic E-state index is 0. The van der Waals surface area contributed by atoms with E-state index < -0.39 is 0 Å². The molecule has 0 bridgehead atoms. The van der Waals surface area contributed by atoms with Gasteiger partial charge in [-0.1, -0.05) is 42.8 Å². The van der Waals surface area contributed by atoms with Crippen molar-refractivity contribution in [1.29, 1.82) is 0 Å². The van der Waals surface area contributed by atoms with Crippen LogP contribution in [0.5, 0.6) is 0 Å². The van der Waals surface area contributed by atoms with Gasteiger partial charge in [-0.3, -0.25) is 0 Å². The first-order chi connectivity index (χ1) is 8.74. The Labute approximate surface area is 128 Å². The van der Waals surface area contributed by atoms with Crippen LogP contribution in [0.25, 0.3) is 6.08 Å². The fourth-order valence-corrected chi connectivity index (χ4v) is 2.46. The van der Waals surface area contributed by atoms with Crippen molar-refractivity contribution in [1.82, 2.24) is 4.90 Å². The molecule has 1 nitrogen and oxygen atoms in total. The molecule has 106 valence electrons. The summed E-state index contributed by atoms with van der Waals surface area (Å²) in [5, 5.41) is 0.801. The van der Waals surface area contributed by atoms with Crippen LogP contribution in [0.15, 0.2) is 30.3 Å². The average molecular weight is 300 g/mol. The third-order valence-electron chi connectivity index (χ3n) is 3.67. The molecule has 0 spiro atoms. The van der Waals surface area contributed by atoms with Crippen molar-refractivity contribution < 1.29 is 0 Å². The highest BCUT2D eigenvalue weighted by Gasteiger charge is 2.14. The molecule has 0 unspecified atom stereocenters. The van der Waals surface area contributed by atoms with Crippen LogP contribution in [0.2, 0.25) is 5.02 Å². The smallest absolute Gasteiger partial charge is 0.0406 e. The Morgan fingerprint density at radius 3 is 2.47 bits per heavy atom. The molecule has 1 fully saturated rings. The van der Waals surface area contributed by atoms with Gasteiger partial charge in [-0.15, -0.1) is 12.4 Å². The van der Waals surface area contributed by atoms with E-state index in [0.29, 0.717) is 0 Å². The molecule has 0 atom stereocenters. The van der Waals surface area contributed by atoms with Gasteiger partial charge in [0.25, 0.3) is 0 Å². The minimum Gasteiger partial charge on any atom is -0.303 e. The monoisotopic (exact) mass is 299 g/mol.